The van der Waals surface area contributed by atoms with Gasteiger partial charge in [0.25, 0.3) is 0 Å². The standard InChI is InChI=1S/C17H20ClNO2/c1-11-8-12(2)17(13(3)9-11)21-7-6-20-16-5-4-14(18)10-15(16)19/h4-5,8-10H,6-7,19H2,1-3H3. The van der Waals surface area contributed by atoms with E-state index in [-0.39, 0.29) is 0 Å². The molecule has 0 heterocycles. The molecule has 0 aliphatic rings. The molecule has 0 aromatic heterocycles. The van der Waals surface area contributed by atoms with Crippen molar-refractivity contribution in [2.24, 2.45) is 0 Å². The van der Waals surface area contributed by atoms with Crippen LogP contribution in [0.1, 0.15) is 16.7 Å². The van der Waals surface area contributed by atoms with Gasteiger partial charge < -0.3 is 15.2 Å². The molecular weight excluding hydrogens is 286 g/mol. The lowest BCUT2D eigenvalue weighted by atomic mass is 10.1. The third-order valence-electron chi connectivity index (χ3n) is 3.16. The highest BCUT2D eigenvalue weighted by Gasteiger charge is 2.06. The van der Waals surface area contributed by atoms with Crippen LogP contribution in [0.25, 0.3) is 0 Å². The topological polar surface area (TPSA) is 44.5 Å². The Hall–Kier alpha value is -1.87. The summed E-state index contributed by atoms with van der Waals surface area (Å²) in [7, 11) is 0. The Morgan fingerprint density at radius 1 is 0.952 bits per heavy atom. The number of halogens is 1. The van der Waals surface area contributed by atoms with Crippen molar-refractivity contribution in [1.29, 1.82) is 0 Å². The van der Waals surface area contributed by atoms with E-state index < -0.39 is 0 Å². The molecule has 0 saturated carbocycles. The minimum atomic E-state index is 0.429. The van der Waals surface area contributed by atoms with E-state index in [1.54, 1.807) is 18.2 Å². The zero-order valence-corrected chi connectivity index (χ0v) is 13.3. The van der Waals surface area contributed by atoms with Crippen LogP contribution in [0.2, 0.25) is 5.02 Å². The number of nitrogen functional groups attached to an aromatic ring is 1. The second kappa shape index (κ2) is 6.72. The van der Waals surface area contributed by atoms with Crippen LogP contribution in [-0.2, 0) is 0 Å². The summed E-state index contributed by atoms with van der Waals surface area (Å²) >= 11 is 5.85. The molecule has 2 aromatic rings. The van der Waals surface area contributed by atoms with E-state index in [0.29, 0.717) is 29.7 Å². The van der Waals surface area contributed by atoms with Gasteiger partial charge in [-0.15, -0.1) is 0 Å². The number of nitrogens with two attached hydrogens (primary N) is 1. The summed E-state index contributed by atoms with van der Waals surface area (Å²) in [5.41, 5.74) is 9.88. The first-order valence-electron chi connectivity index (χ1n) is 6.86. The summed E-state index contributed by atoms with van der Waals surface area (Å²) in [6.45, 7) is 7.07. The summed E-state index contributed by atoms with van der Waals surface area (Å²) in [6, 6.07) is 9.41. The van der Waals surface area contributed by atoms with Crippen molar-refractivity contribution < 1.29 is 9.47 Å². The molecule has 0 amide bonds. The molecule has 0 unspecified atom stereocenters. The molecule has 2 rings (SSSR count). The fraction of sp³-hybridized carbons (Fsp3) is 0.294. The zero-order chi connectivity index (χ0) is 15.4. The van der Waals surface area contributed by atoms with Crippen molar-refractivity contribution in [2.75, 3.05) is 18.9 Å². The van der Waals surface area contributed by atoms with E-state index in [1.807, 2.05) is 13.8 Å². The van der Waals surface area contributed by atoms with Gasteiger partial charge in [-0.1, -0.05) is 29.3 Å². The van der Waals surface area contributed by atoms with Gasteiger partial charge in [-0.3, -0.25) is 0 Å². The van der Waals surface area contributed by atoms with Crippen molar-refractivity contribution in [3.8, 4) is 11.5 Å². The van der Waals surface area contributed by atoms with E-state index in [9.17, 15) is 0 Å². The second-order valence-corrected chi connectivity index (χ2v) is 5.54. The van der Waals surface area contributed by atoms with Gasteiger partial charge in [-0.05, 0) is 50.1 Å². The van der Waals surface area contributed by atoms with Gasteiger partial charge in [-0.25, -0.2) is 0 Å². The second-order valence-electron chi connectivity index (χ2n) is 5.11. The maximum Gasteiger partial charge on any atom is 0.142 e. The molecule has 112 valence electrons. The van der Waals surface area contributed by atoms with Gasteiger partial charge in [0.2, 0.25) is 0 Å². The van der Waals surface area contributed by atoms with Gasteiger partial charge in [0.1, 0.15) is 24.7 Å². The molecule has 0 saturated heterocycles. The van der Waals surface area contributed by atoms with Crippen LogP contribution in [0.5, 0.6) is 11.5 Å². The predicted octanol–water partition coefficient (Wildman–Crippen LogP) is 4.31. The van der Waals surface area contributed by atoms with Crippen molar-refractivity contribution in [3.63, 3.8) is 0 Å². The molecule has 2 N–H and O–H groups in total. The summed E-state index contributed by atoms with van der Waals surface area (Å²) in [5.74, 6) is 1.55. The average molecular weight is 306 g/mol. The van der Waals surface area contributed by atoms with Crippen LogP contribution in [0, 0.1) is 20.8 Å². The van der Waals surface area contributed by atoms with E-state index in [4.69, 9.17) is 26.8 Å². The van der Waals surface area contributed by atoms with Crippen LogP contribution in [0.15, 0.2) is 30.3 Å². The van der Waals surface area contributed by atoms with Crippen LogP contribution in [0.3, 0.4) is 0 Å². The van der Waals surface area contributed by atoms with Crippen LogP contribution < -0.4 is 15.2 Å². The summed E-state index contributed by atoms with van der Waals surface area (Å²) in [5, 5.41) is 0.599. The Bertz CT molecular complexity index is 618. The van der Waals surface area contributed by atoms with Crippen molar-refractivity contribution >= 4 is 17.3 Å². The first-order valence-corrected chi connectivity index (χ1v) is 7.23. The molecule has 3 nitrogen and oxygen atoms in total. The summed E-state index contributed by atoms with van der Waals surface area (Å²) in [6.07, 6.45) is 0. The third kappa shape index (κ3) is 4.05. The van der Waals surface area contributed by atoms with E-state index in [2.05, 4.69) is 19.1 Å². The lowest BCUT2D eigenvalue weighted by Crippen LogP contribution is -2.11. The molecule has 21 heavy (non-hydrogen) atoms. The number of aryl methyl sites for hydroxylation is 3. The molecule has 2 aromatic carbocycles. The molecule has 4 heteroatoms. The zero-order valence-electron chi connectivity index (χ0n) is 12.6. The predicted molar refractivity (Wildman–Crippen MR) is 87.5 cm³/mol. The smallest absolute Gasteiger partial charge is 0.142 e. The number of hydrogen-bond donors (Lipinski definition) is 1. The van der Waals surface area contributed by atoms with Crippen LogP contribution in [-0.4, -0.2) is 13.2 Å². The average Bonchev–Trinajstić information content (AvgIpc) is 2.38. The maximum absolute atomic E-state index is 5.85. The van der Waals surface area contributed by atoms with Crippen molar-refractivity contribution in [2.45, 2.75) is 20.8 Å². The third-order valence-corrected chi connectivity index (χ3v) is 3.40. The normalized spacial score (nSPS) is 10.5. The Morgan fingerprint density at radius 3 is 2.19 bits per heavy atom. The number of rotatable bonds is 5. The van der Waals surface area contributed by atoms with E-state index >= 15 is 0 Å². The van der Waals surface area contributed by atoms with E-state index in [1.165, 1.54) is 5.56 Å². The van der Waals surface area contributed by atoms with Crippen LogP contribution in [0.4, 0.5) is 5.69 Å². The van der Waals surface area contributed by atoms with E-state index in [0.717, 1.165) is 16.9 Å². The lowest BCUT2D eigenvalue weighted by molar-refractivity contribution is 0.216. The number of benzene rings is 2. The monoisotopic (exact) mass is 305 g/mol. The number of anilines is 1. The van der Waals surface area contributed by atoms with Crippen molar-refractivity contribution in [3.05, 3.63) is 52.0 Å². The quantitative estimate of drug-likeness (QED) is 0.661. The Labute approximate surface area is 130 Å². The number of hydrogen-bond acceptors (Lipinski definition) is 3. The van der Waals surface area contributed by atoms with Crippen molar-refractivity contribution in [1.82, 2.24) is 0 Å². The van der Waals surface area contributed by atoms with Gasteiger partial charge in [0.15, 0.2) is 0 Å². The minimum Gasteiger partial charge on any atom is -0.489 e. The van der Waals surface area contributed by atoms with Gasteiger partial charge in [0, 0.05) is 5.02 Å². The SMILES string of the molecule is Cc1cc(C)c(OCCOc2ccc(Cl)cc2N)c(C)c1. The van der Waals surface area contributed by atoms with Gasteiger partial charge in [0.05, 0.1) is 5.69 Å². The largest absolute Gasteiger partial charge is 0.489 e. The Balaban J connectivity index is 1.90. The highest BCUT2D eigenvalue weighted by molar-refractivity contribution is 6.30. The molecule has 0 bridgehead atoms. The molecule has 0 radical (unpaired) electrons. The summed E-state index contributed by atoms with van der Waals surface area (Å²) < 4.78 is 11.4. The Morgan fingerprint density at radius 2 is 1.57 bits per heavy atom. The highest BCUT2D eigenvalue weighted by atomic mass is 35.5. The molecule has 0 aliphatic heterocycles. The minimum absolute atomic E-state index is 0.429. The molecule has 0 aliphatic carbocycles. The Kier molecular flexibility index (Phi) is 4.97. The first-order chi connectivity index (χ1) is 9.97. The molecule has 0 atom stereocenters. The van der Waals surface area contributed by atoms with Gasteiger partial charge in [-0.2, -0.15) is 0 Å². The van der Waals surface area contributed by atoms with Gasteiger partial charge >= 0.3 is 0 Å². The molecule has 0 spiro atoms. The molecular formula is C17H20ClNO2. The lowest BCUT2D eigenvalue weighted by Gasteiger charge is -2.14. The fourth-order valence-electron chi connectivity index (χ4n) is 2.34. The maximum atomic E-state index is 5.85. The number of ether oxygens (including phenoxy) is 2. The molecule has 0 fully saturated rings. The fourth-order valence-corrected chi connectivity index (χ4v) is 2.52. The highest BCUT2D eigenvalue weighted by Crippen LogP contribution is 2.26. The summed E-state index contributed by atoms with van der Waals surface area (Å²) in [4.78, 5) is 0. The van der Waals surface area contributed by atoms with Crippen LogP contribution >= 0.6 is 11.6 Å². The first kappa shape index (κ1) is 15.5.